The van der Waals surface area contributed by atoms with Gasteiger partial charge in [-0.05, 0) is 23.8 Å². The lowest BCUT2D eigenvalue weighted by molar-refractivity contribution is 0.110. The molecule has 0 bridgehead atoms. The van der Waals surface area contributed by atoms with Crippen LogP contribution < -0.4 is 4.90 Å². The average Bonchev–Trinajstić information content (AvgIpc) is 2.77. The van der Waals surface area contributed by atoms with Crippen molar-refractivity contribution in [1.82, 2.24) is 0 Å². The van der Waals surface area contributed by atoms with Crippen LogP contribution in [0, 0.1) is 0 Å². The molecule has 0 spiro atoms. The number of anilines is 1. The second kappa shape index (κ2) is 5.19. The molecular formula is C13H12BrNO2. The van der Waals surface area contributed by atoms with Gasteiger partial charge in [0.1, 0.15) is 0 Å². The maximum atomic E-state index is 10.5. The van der Waals surface area contributed by atoms with E-state index in [-0.39, 0.29) is 0 Å². The first-order valence-corrected chi connectivity index (χ1v) is 5.99. The predicted molar refractivity (Wildman–Crippen MR) is 70.3 cm³/mol. The van der Waals surface area contributed by atoms with Crippen LogP contribution in [0.5, 0.6) is 0 Å². The number of halogens is 1. The third-order valence-corrected chi connectivity index (χ3v) is 2.91. The van der Waals surface area contributed by atoms with Crippen LogP contribution in [0.4, 0.5) is 5.88 Å². The van der Waals surface area contributed by atoms with E-state index in [0.717, 1.165) is 11.0 Å². The molecule has 0 N–H and O–H groups in total. The van der Waals surface area contributed by atoms with Crippen LogP contribution in [0.25, 0.3) is 0 Å². The SMILES string of the molecule is CN(Cc1cccc(Br)c1)c1ccc(C=O)o1. The molecule has 0 saturated heterocycles. The van der Waals surface area contributed by atoms with Crippen molar-refractivity contribution in [1.29, 1.82) is 0 Å². The van der Waals surface area contributed by atoms with E-state index in [4.69, 9.17) is 4.42 Å². The first-order valence-electron chi connectivity index (χ1n) is 5.19. The summed E-state index contributed by atoms with van der Waals surface area (Å²) in [5.41, 5.74) is 1.17. The highest BCUT2D eigenvalue weighted by atomic mass is 79.9. The standard InChI is InChI=1S/C13H12BrNO2/c1-15(13-6-5-12(9-16)17-13)8-10-3-2-4-11(14)7-10/h2-7,9H,8H2,1H3. The Morgan fingerprint density at radius 3 is 2.82 bits per heavy atom. The van der Waals surface area contributed by atoms with Crippen molar-refractivity contribution in [2.45, 2.75) is 6.54 Å². The molecule has 2 aromatic rings. The van der Waals surface area contributed by atoms with Gasteiger partial charge in [0.15, 0.2) is 17.9 Å². The maximum Gasteiger partial charge on any atom is 0.196 e. The molecule has 1 heterocycles. The first-order chi connectivity index (χ1) is 8.19. The summed E-state index contributed by atoms with van der Waals surface area (Å²) >= 11 is 3.44. The highest BCUT2D eigenvalue weighted by Crippen LogP contribution is 2.19. The third-order valence-electron chi connectivity index (χ3n) is 2.41. The van der Waals surface area contributed by atoms with Crippen molar-refractivity contribution in [3.8, 4) is 0 Å². The normalized spacial score (nSPS) is 10.2. The van der Waals surface area contributed by atoms with Gasteiger partial charge >= 0.3 is 0 Å². The van der Waals surface area contributed by atoms with E-state index < -0.39 is 0 Å². The lowest BCUT2D eigenvalue weighted by Gasteiger charge is -2.15. The van der Waals surface area contributed by atoms with Gasteiger partial charge in [-0.25, -0.2) is 0 Å². The van der Waals surface area contributed by atoms with Crippen molar-refractivity contribution in [2.75, 3.05) is 11.9 Å². The fourth-order valence-electron chi connectivity index (χ4n) is 1.60. The molecule has 88 valence electrons. The van der Waals surface area contributed by atoms with E-state index in [1.54, 1.807) is 12.1 Å². The molecule has 3 nitrogen and oxygen atoms in total. The Morgan fingerprint density at radius 2 is 2.18 bits per heavy atom. The Labute approximate surface area is 108 Å². The first kappa shape index (κ1) is 11.9. The topological polar surface area (TPSA) is 33.5 Å². The van der Waals surface area contributed by atoms with Gasteiger partial charge in [-0.3, -0.25) is 4.79 Å². The van der Waals surface area contributed by atoms with E-state index in [1.165, 1.54) is 5.56 Å². The molecule has 1 aromatic carbocycles. The molecule has 0 aliphatic heterocycles. The summed E-state index contributed by atoms with van der Waals surface area (Å²) in [7, 11) is 1.92. The lowest BCUT2D eigenvalue weighted by Crippen LogP contribution is -2.15. The van der Waals surface area contributed by atoms with Gasteiger partial charge in [0, 0.05) is 24.1 Å². The Hall–Kier alpha value is -1.55. The van der Waals surface area contributed by atoms with E-state index >= 15 is 0 Å². The van der Waals surface area contributed by atoms with E-state index in [2.05, 4.69) is 22.0 Å². The summed E-state index contributed by atoms with van der Waals surface area (Å²) in [6.07, 6.45) is 0.705. The van der Waals surface area contributed by atoms with Crippen LogP contribution in [0.15, 0.2) is 45.3 Å². The monoisotopic (exact) mass is 293 g/mol. The van der Waals surface area contributed by atoms with Crippen LogP contribution in [-0.4, -0.2) is 13.3 Å². The molecule has 0 saturated carbocycles. The van der Waals surface area contributed by atoms with Gasteiger partial charge in [0.2, 0.25) is 0 Å². The van der Waals surface area contributed by atoms with Crippen molar-refractivity contribution in [3.63, 3.8) is 0 Å². The quantitative estimate of drug-likeness (QED) is 0.809. The van der Waals surface area contributed by atoms with Crippen LogP contribution in [0.1, 0.15) is 16.1 Å². The fourth-order valence-corrected chi connectivity index (χ4v) is 2.04. The Balaban J connectivity index is 2.10. The molecule has 2 rings (SSSR count). The zero-order valence-corrected chi connectivity index (χ0v) is 11.0. The zero-order valence-electron chi connectivity index (χ0n) is 9.39. The third kappa shape index (κ3) is 2.97. The van der Waals surface area contributed by atoms with Gasteiger partial charge < -0.3 is 9.32 Å². The molecule has 1 aromatic heterocycles. The lowest BCUT2D eigenvalue weighted by atomic mass is 10.2. The summed E-state index contributed by atoms with van der Waals surface area (Å²) in [5, 5.41) is 0. The molecular weight excluding hydrogens is 282 g/mol. The van der Waals surface area contributed by atoms with Crippen LogP contribution >= 0.6 is 15.9 Å². The van der Waals surface area contributed by atoms with Crippen molar-refractivity contribution in [3.05, 3.63) is 52.2 Å². The predicted octanol–water partition coefficient (Wildman–Crippen LogP) is 3.49. The van der Waals surface area contributed by atoms with Crippen molar-refractivity contribution >= 4 is 28.1 Å². The van der Waals surface area contributed by atoms with E-state index in [0.29, 0.717) is 17.9 Å². The highest BCUT2D eigenvalue weighted by molar-refractivity contribution is 9.10. The minimum atomic E-state index is 0.348. The number of carbonyl (C=O) groups excluding carboxylic acids is 1. The highest BCUT2D eigenvalue weighted by Gasteiger charge is 2.07. The summed E-state index contributed by atoms with van der Waals surface area (Å²) in [4.78, 5) is 12.5. The van der Waals surface area contributed by atoms with Gasteiger partial charge in [0.05, 0.1) is 0 Å². The minimum absolute atomic E-state index is 0.348. The number of furan rings is 1. The van der Waals surface area contributed by atoms with Gasteiger partial charge in [-0.1, -0.05) is 28.1 Å². The molecule has 0 radical (unpaired) electrons. The number of rotatable bonds is 4. The summed E-state index contributed by atoms with van der Waals surface area (Å²) in [6.45, 7) is 0.727. The smallest absolute Gasteiger partial charge is 0.196 e. The number of benzene rings is 1. The second-order valence-corrected chi connectivity index (χ2v) is 4.70. The van der Waals surface area contributed by atoms with Gasteiger partial charge in [0.25, 0.3) is 0 Å². The van der Waals surface area contributed by atoms with E-state index in [1.807, 2.05) is 30.1 Å². The number of aldehydes is 1. The molecule has 17 heavy (non-hydrogen) atoms. The molecule has 0 aliphatic carbocycles. The van der Waals surface area contributed by atoms with E-state index in [9.17, 15) is 4.79 Å². The Morgan fingerprint density at radius 1 is 1.35 bits per heavy atom. The number of carbonyl (C=O) groups is 1. The largest absolute Gasteiger partial charge is 0.438 e. The molecule has 4 heteroatoms. The van der Waals surface area contributed by atoms with Gasteiger partial charge in [-0.15, -0.1) is 0 Å². The summed E-state index contributed by atoms with van der Waals surface area (Å²) in [6, 6.07) is 11.5. The summed E-state index contributed by atoms with van der Waals surface area (Å²) < 4.78 is 6.40. The van der Waals surface area contributed by atoms with Crippen LogP contribution in [0.2, 0.25) is 0 Å². The van der Waals surface area contributed by atoms with Crippen molar-refractivity contribution < 1.29 is 9.21 Å². The zero-order chi connectivity index (χ0) is 12.3. The van der Waals surface area contributed by atoms with Crippen LogP contribution in [0.3, 0.4) is 0 Å². The fraction of sp³-hybridized carbons (Fsp3) is 0.154. The minimum Gasteiger partial charge on any atom is -0.438 e. The molecule has 0 atom stereocenters. The van der Waals surface area contributed by atoms with Gasteiger partial charge in [-0.2, -0.15) is 0 Å². The summed E-state index contributed by atoms with van der Waals surface area (Å²) in [5.74, 6) is 1.04. The number of nitrogens with zero attached hydrogens (tertiary/aromatic N) is 1. The van der Waals surface area contributed by atoms with Crippen LogP contribution in [-0.2, 0) is 6.54 Å². The number of hydrogen-bond donors (Lipinski definition) is 0. The molecule has 0 unspecified atom stereocenters. The average molecular weight is 294 g/mol. The molecule has 0 aliphatic rings. The maximum absolute atomic E-state index is 10.5. The number of hydrogen-bond acceptors (Lipinski definition) is 3. The second-order valence-electron chi connectivity index (χ2n) is 3.78. The van der Waals surface area contributed by atoms with Crippen molar-refractivity contribution in [2.24, 2.45) is 0 Å². The molecule has 0 fully saturated rings. The Kier molecular flexibility index (Phi) is 3.64. The molecule has 0 amide bonds. The Bertz CT molecular complexity index is 522.